The number of aryl methyl sites for hydroxylation is 1. The minimum atomic E-state index is 0.157. The van der Waals surface area contributed by atoms with Gasteiger partial charge in [-0.2, -0.15) is 0 Å². The van der Waals surface area contributed by atoms with Crippen molar-refractivity contribution >= 4 is 27.5 Å². The molecule has 1 aromatic carbocycles. The van der Waals surface area contributed by atoms with Gasteiger partial charge in [0.15, 0.2) is 0 Å². The van der Waals surface area contributed by atoms with E-state index in [9.17, 15) is 4.79 Å². The molecule has 1 saturated heterocycles. The van der Waals surface area contributed by atoms with Gasteiger partial charge in [0.25, 0.3) is 5.91 Å². The Morgan fingerprint density at radius 1 is 1.12 bits per heavy atom. The van der Waals surface area contributed by atoms with E-state index in [0.717, 1.165) is 43.9 Å². The molecular weight excluding hydrogens is 330 g/mol. The van der Waals surface area contributed by atoms with Gasteiger partial charge in [-0.25, -0.2) is 0 Å². The molecule has 2 aromatic heterocycles. The van der Waals surface area contributed by atoms with Gasteiger partial charge in [-0.15, -0.1) is 11.3 Å². The number of hydrogen-bond donors (Lipinski definition) is 0. The highest BCUT2D eigenvalue weighted by atomic mass is 32.1. The van der Waals surface area contributed by atoms with Crippen molar-refractivity contribution in [2.75, 3.05) is 33.2 Å². The molecule has 1 aliphatic rings. The zero-order valence-corrected chi connectivity index (χ0v) is 15.6. The van der Waals surface area contributed by atoms with Crippen LogP contribution >= 0.6 is 11.3 Å². The van der Waals surface area contributed by atoms with Crippen LogP contribution < -0.4 is 0 Å². The van der Waals surface area contributed by atoms with Crippen molar-refractivity contribution in [3.05, 3.63) is 58.6 Å². The maximum Gasteiger partial charge on any atom is 0.270 e. The van der Waals surface area contributed by atoms with Crippen LogP contribution in [0.15, 0.2) is 41.8 Å². The molecule has 4 nitrogen and oxygen atoms in total. The van der Waals surface area contributed by atoms with Crippen molar-refractivity contribution in [1.29, 1.82) is 0 Å². The Morgan fingerprint density at radius 2 is 1.88 bits per heavy atom. The summed E-state index contributed by atoms with van der Waals surface area (Å²) in [6, 6.07) is 12.6. The predicted molar refractivity (Wildman–Crippen MR) is 103 cm³/mol. The third-order valence-corrected chi connectivity index (χ3v) is 5.98. The number of piperazine rings is 1. The number of fused-ring (bicyclic) bond motifs is 1. The summed E-state index contributed by atoms with van der Waals surface area (Å²) >= 11 is 1.70. The summed E-state index contributed by atoms with van der Waals surface area (Å²) in [6.45, 7) is 6.36. The normalized spacial score (nSPS) is 15.8. The zero-order chi connectivity index (χ0) is 17.4. The van der Waals surface area contributed by atoms with E-state index in [1.165, 1.54) is 15.8 Å². The number of benzene rings is 1. The lowest BCUT2D eigenvalue weighted by Crippen LogP contribution is -2.47. The molecule has 130 valence electrons. The second-order valence-electron chi connectivity index (χ2n) is 6.81. The van der Waals surface area contributed by atoms with Gasteiger partial charge in [0.1, 0.15) is 5.69 Å². The van der Waals surface area contributed by atoms with Crippen molar-refractivity contribution in [2.45, 2.75) is 13.5 Å². The second-order valence-corrected chi connectivity index (χ2v) is 7.76. The molecule has 3 heterocycles. The van der Waals surface area contributed by atoms with E-state index in [2.05, 4.69) is 65.2 Å². The monoisotopic (exact) mass is 353 g/mol. The number of hydrogen-bond acceptors (Lipinski definition) is 3. The van der Waals surface area contributed by atoms with Gasteiger partial charge in [0.05, 0.1) is 10.2 Å². The first-order chi connectivity index (χ1) is 12.1. The van der Waals surface area contributed by atoms with Crippen LogP contribution in [0.1, 0.15) is 21.6 Å². The van der Waals surface area contributed by atoms with Gasteiger partial charge in [0, 0.05) is 32.7 Å². The van der Waals surface area contributed by atoms with E-state index in [4.69, 9.17) is 0 Å². The summed E-state index contributed by atoms with van der Waals surface area (Å²) in [7, 11) is 2.11. The molecule has 25 heavy (non-hydrogen) atoms. The molecule has 0 aliphatic carbocycles. The Labute approximate surface area is 152 Å². The number of likely N-dealkylation sites (N-methyl/N-ethyl adjacent to an activating group) is 1. The Balaban J connectivity index is 1.70. The van der Waals surface area contributed by atoms with Crippen LogP contribution in [0, 0.1) is 6.92 Å². The maximum absolute atomic E-state index is 13.2. The van der Waals surface area contributed by atoms with Crippen LogP contribution in [0.3, 0.4) is 0 Å². The molecule has 1 amide bonds. The average Bonchev–Trinajstić information content (AvgIpc) is 3.19. The summed E-state index contributed by atoms with van der Waals surface area (Å²) < 4.78 is 3.38. The largest absolute Gasteiger partial charge is 0.335 e. The average molecular weight is 353 g/mol. The minimum absolute atomic E-state index is 0.157. The van der Waals surface area contributed by atoms with Crippen molar-refractivity contribution in [1.82, 2.24) is 14.4 Å². The number of carbonyl (C=O) groups excluding carboxylic acids is 1. The second kappa shape index (κ2) is 6.65. The van der Waals surface area contributed by atoms with E-state index in [1.807, 2.05) is 4.90 Å². The smallest absolute Gasteiger partial charge is 0.270 e. The molecule has 0 N–H and O–H groups in total. The first-order valence-corrected chi connectivity index (χ1v) is 9.60. The van der Waals surface area contributed by atoms with Crippen LogP contribution in [0.5, 0.6) is 0 Å². The molecule has 1 aliphatic heterocycles. The number of carbonyl (C=O) groups is 1. The standard InChI is InChI=1S/C20H23N3OS/c1-15-5-3-4-6-16(15)14-23-17-7-12-25-19(17)13-18(23)20(24)22-10-8-21(2)9-11-22/h3-7,12-13H,8-11,14H2,1-2H3. The lowest BCUT2D eigenvalue weighted by atomic mass is 10.1. The molecule has 0 radical (unpaired) electrons. The van der Waals surface area contributed by atoms with E-state index in [-0.39, 0.29) is 5.91 Å². The highest BCUT2D eigenvalue weighted by Gasteiger charge is 2.24. The van der Waals surface area contributed by atoms with Crippen LogP contribution in [-0.4, -0.2) is 53.5 Å². The number of rotatable bonds is 3. The Bertz CT molecular complexity index is 903. The van der Waals surface area contributed by atoms with E-state index in [1.54, 1.807) is 11.3 Å². The van der Waals surface area contributed by atoms with Gasteiger partial charge in [-0.1, -0.05) is 24.3 Å². The molecular formula is C20H23N3OS. The van der Waals surface area contributed by atoms with Crippen molar-refractivity contribution in [3.8, 4) is 0 Å². The number of thiophene rings is 1. The topological polar surface area (TPSA) is 28.5 Å². The van der Waals surface area contributed by atoms with Crippen molar-refractivity contribution in [3.63, 3.8) is 0 Å². The van der Waals surface area contributed by atoms with E-state index < -0.39 is 0 Å². The highest BCUT2D eigenvalue weighted by molar-refractivity contribution is 7.17. The third-order valence-electron chi connectivity index (χ3n) is 5.12. The van der Waals surface area contributed by atoms with Gasteiger partial charge in [0.2, 0.25) is 0 Å². The SMILES string of the molecule is Cc1ccccc1Cn1c(C(=O)N2CCN(C)CC2)cc2sccc21. The molecule has 1 fully saturated rings. The van der Waals surface area contributed by atoms with Gasteiger partial charge < -0.3 is 14.4 Å². The lowest BCUT2D eigenvalue weighted by molar-refractivity contribution is 0.0654. The molecule has 0 bridgehead atoms. The Kier molecular flexibility index (Phi) is 4.36. The zero-order valence-electron chi connectivity index (χ0n) is 14.7. The molecule has 0 atom stereocenters. The maximum atomic E-state index is 13.2. The molecule has 0 unspecified atom stereocenters. The number of amides is 1. The summed E-state index contributed by atoms with van der Waals surface area (Å²) in [4.78, 5) is 17.4. The van der Waals surface area contributed by atoms with E-state index >= 15 is 0 Å². The Hall–Kier alpha value is -2.11. The first-order valence-electron chi connectivity index (χ1n) is 8.72. The fraction of sp³-hybridized carbons (Fsp3) is 0.350. The minimum Gasteiger partial charge on any atom is -0.335 e. The predicted octanol–water partition coefficient (Wildman–Crippen LogP) is 3.45. The van der Waals surface area contributed by atoms with Crippen molar-refractivity contribution in [2.24, 2.45) is 0 Å². The van der Waals surface area contributed by atoms with Crippen LogP contribution in [0.2, 0.25) is 0 Å². The molecule has 0 saturated carbocycles. The lowest BCUT2D eigenvalue weighted by Gasteiger charge is -2.32. The molecule has 0 spiro atoms. The van der Waals surface area contributed by atoms with E-state index in [0.29, 0.717) is 0 Å². The quantitative estimate of drug-likeness (QED) is 0.721. The number of aromatic nitrogens is 1. The summed E-state index contributed by atoms with van der Waals surface area (Å²) in [5.74, 6) is 0.157. The molecule has 3 aromatic rings. The molecule has 4 rings (SSSR count). The molecule has 5 heteroatoms. The third kappa shape index (κ3) is 3.10. The van der Waals surface area contributed by atoms with Crippen LogP contribution in [0.25, 0.3) is 10.2 Å². The van der Waals surface area contributed by atoms with Gasteiger partial charge >= 0.3 is 0 Å². The van der Waals surface area contributed by atoms with Gasteiger partial charge in [-0.05, 0) is 42.6 Å². The summed E-state index contributed by atoms with van der Waals surface area (Å²) in [5, 5.41) is 2.10. The summed E-state index contributed by atoms with van der Waals surface area (Å²) in [6.07, 6.45) is 0. The number of nitrogens with zero attached hydrogens (tertiary/aromatic N) is 3. The van der Waals surface area contributed by atoms with Gasteiger partial charge in [-0.3, -0.25) is 4.79 Å². The highest BCUT2D eigenvalue weighted by Crippen LogP contribution is 2.27. The van der Waals surface area contributed by atoms with Crippen molar-refractivity contribution < 1.29 is 4.79 Å². The fourth-order valence-corrected chi connectivity index (χ4v) is 4.28. The summed E-state index contributed by atoms with van der Waals surface area (Å²) in [5.41, 5.74) is 4.50. The first kappa shape index (κ1) is 16.4. The Morgan fingerprint density at radius 3 is 2.64 bits per heavy atom. The fourth-order valence-electron chi connectivity index (χ4n) is 3.45. The van der Waals surface area contributed by atoms with Crippen LogP contribution in [0.4, 0.5) is 0 Å². The van der Waals surface area contributed by atoms with Crippen LogP contribution in [-0.2, 0) is 6.54 Å².